The average Bonchev–Trinajstić information content (AvgIpc) is 2.29. The summed E-state index contributed by atoms with van der Waals surface area (Å²) >= 11 is 0. The smallest absolute Gasteiger partial charge is 0.320 e. The fourth-order valence-electron chi connectivity index (χ4n) is 2.07. The number of aliphatic carboxylic acids is 1. The predicted octanol–water partition coefficient (Wildman–Crippen LogP) is 1.35. The van der Waals surface area contributed by atoms with Gasteiger partial charge in [-0.15, -0.1) is 0 Å². The van der Waals surface area contributed by atoms with Crippen molar-refractivity contribution >= 4 is 5.97 Å². The first-order chi connectivity index (χ1) is 7.68. The second-order valence-corrected chi connectivity index (χ2v) is 4.05. The van der Waals surface area contributed by atoms with Crippen LogP contribution >= 0.6 is 0 Å². The van der Waals surface area contributed by atoms with E-state index in [1.54, 1.807) is 0 Å². The summed E-state index contributed by atoms with van der Waals surface area (Å²) < 4.78 is 5.51. The minimum absolute atomic E-state index is 0.191. The van der Waals surface area contributed by atoms with Crippen molar-refractivity contribution in [2.75, 3.05) is 6.61 Å². The van der Waals surface area contributed by atoms with Crippen molar-refractivity contribution in [2.45, 2.75) is 24.8 Å². The highest BCUT2D eigenvalue weighted by Crippen LogP contribution is 2.35. The Morgan fingerprint density at radius 2 is 2.31 bits per heavy atom. The van der Waals surface area contributed by atoms with Crippen molar-refractivity contribution in [3.05, 3.63) is 29.8 Å². The van der Waals surface area contributed by atoms with Crippen LogP contribution in [0, 0.1) is 0 Å². The molecule has 86 valence electrons. The number of hydrogen-bond acceptors (Lipinski definition) is 3. The molecule has 1 aliphatic rings. The summed E-state index contributed by atoms with van der Waals surface area (Å²) in [5, 5.41) is 8.80. The van der Waals surface area contributed by atoms with Crippen LogP contribution in [0.15, 0.2) is 24.3 Å². The van der Waals surface area contributed by atoms with Crippen molar-refractivity contribution in [3.8, 4) is 5.75 Å². The van der Waals surface area contributed by atoms with E-state index in [-0.39, 0.29) is 5.92 Å². The van der Waals surface area contributed by atoms with Gasteiger partial charge in [0.15, 0.2) is 0 Å². The van der Waals surface area contributed by atoms with E-state index >= 15 is 0 Å². The Hall–Kier alpha value is -1.55. The van der Waals surface area contributed by atoms with E-state index in [9.17, 15) is 4.79 Å². The topological polar surface area (TPSA) is 72.5 Å². The van der Waals surface area contributed by atoms with E-state index in [0.717, 1.165) is 17.7 Å². The predicted molar refractivity (Wildman–Crippen MR) is 59.5 cm³/mol. The second-order valence-electron chi connectivity index (χ2n) is 4.05. The SMILES string of the molecule is N[C@@H](CC1CCOc2ccccc21)C(=O)O. The Balaban J connectivity index is 2.16. The number of carboxylic acids is 1. The molecule has 1 unspecified atom stereocenters. The molecular weight excluding hydrogens is 206 g/mol. The van der Waals surface area contributed by atoms with Crippen molar-refractivity contribution in [1.29, 1.82) is 0 Å². The molecule has 0 aromatic heterocycles. The molecule has 2 rings (SSSR count). The van der Waals surface area contributed by atoms with Gasteiger partial charge >= 0.3 is 5.97 Å². The van der Waals surface area contributed by atoms with E-state index in [0.29, 0.717) is 13.0 Å². The highest BCUT2D eigenvalue weighted by molar-refractivity contribution is 5.73. The number of hydrogen-bond donors (Lipinski definition) is 2. The van der Waals surface area contributed by atoms with Crippen LogP contribution in [0.3, 0.4) is 0 Å². The van der Waals surface area contributed by atoms with Crippen LogP contribution < -0.4 is 10.5 Å². The Morgan fingerprint density at radius 3 is 3.06 bits per heavy atom. The fourth-order valence-corrected chi connectivity index (χ4v) is 2.07. The van der Waals surface area contributed by atoms with Gasteiger partial charge < -0.3 is 15.6 Å². The zero-order valence-electron chi connectivity index (χ0n) is 8.93. The molecule has 0 saturated carbocycles. The number of ether oxygens (including phenoxy) is 1. The zero-order chi connectivity index (χ0) is 11.5. The Kier molecular flexibility index (Phi) is 3.10. The third-order valence-electron chi connectivity index (χ3n) is 2.94. The summed E-state index contributed by atoms with van der Waals surface area (Å²) in [6.07, 6.45) is 1.30. The molecule has 0 saturated heterocycles. The van der Waals surface area contributed by atoms with Gasteiger partial charge in [-0.3, -0.25) is 4.79 Å². The minimum Gasteiger partial charge on any atom is -0.493 e. The molecule has 1 heterocycles. The molecule has 0 aliphatic carbocycles. The zero-order valence-corrected chi connectivity index (χ0v) is 8.93. The van der Waals surface area contributed by atoms with Crippen LogP contribution in [-0.4, -0.2) is 23.7 Å². The average molecular weight is 221 g/mol. The van der Waals surface area contributed by atoms with E-state index in [4.69, 9.17) is 15.6 Å². The highest BCUT2D eigenvalue weighted by atomic mass is 16.5. The summed E-state index contributed by atoms with van der Waals surface area (Å²) in [6.45, 7) is 0.633. The number of para-hydroxylation sites is 1. The number of carboxylic acid groups (broad SMARTS) is 1. The lowest BCUT2D eigenvalue weighted by molar-refractivity contribution is -0.138. The first-order valence-corrected chi connectivity index (χ1v) is 5.38. The highest BCUT2D eigenvalue weighted by Gasteiger charge is 2.25. The van der Waals surface area contributed by atoms with Crippen LogP contribution in [0.5, 0.6) is 5.75 Å². The monoisotopic (exact) mass is 221 g/mol. The fraction of sp³-hybridized carbons (Fsp3) is 0.417. The van der Waals surface area contributed by atoms with Gasteiger partial charge in [0.25, 0.3) is 0 Å². The molecule has 1 aromatic rings. The summed E-state index contributed by atoms with van der Waals surface area (Å²) in [5.74, 6) is 0.108. The van der Waals surface area contributed by atoms with E-state index < -0.39 is 12.0 Å². The number of fused-ring (bicyclic) bond motifs is 1. The third kappa shape index (κ3) is 2.17. The quantitative estimate of drug-likeness (QED) is 0.808. The van der Waals surface area contributed by atoms with Gasteiger partial charge in [-0.05, 0) is 30.4 Å². The van der Waals surface area contributed by atoms with Crippen molar-refractivity contribution in [3.63, 3.8) is 0 Å². The third-order valence-corrected chi connectivity index (χ3v) is 2.94. The van der Waals surface area contributed by atoms with Gasteiger partial charge in [0.1, 0.15) is 11.8 Å². The molecular formula is C12H15NO3. The van der Waals surface area contributed by atoms with Crippen molar-refractivity contribution in [1.82, 2.24) is 0 Å². The summed E-state index contributed by atoms with van der Waals surface area (Å²) in [4.78, 5) is 10.7. The minimum atomic E-state index is -0.941. The van der Waals surface area contributed by atoms with Gasteiger partial charge in [-0.25, -0.2) is 0 Å². The van der Waals surface area contributed by atoms with E-state index in [1.807, 2.05) is 24.3 Å². The molecule has 0 spiro atoms. The number of carbonyl (C=O) groups is 1. The molecule has 0 fully saturated rings. The lowest BCUT2D eigenvalue weighted by Gasteiger charge is -2.26. The first kappa shape index (κ1) is 11.0. The molecule has 3 N–H and O–H groups in total. The molecule has 4 nitrogen and oxygen atoms in total. The van der Waals surface area contributed by atoms with E-state index in [1.165, 1.54) is 0 Å². The molecule has 0 radical (unpaired) electrons. The molecule has 2 atom stereocenters. The number of benzene rings is 1. The van der Waals surface area contributed by atoms with Gasteiger partial charge in [0, 0.05) is 0 Å². The molecule has 0 bridgehead atoms. The van der Waals surface area contributed by atoms with E-state index in [2.05, 4.69) is 0 Å². The lowest BCUT2D eigenvalue weighted by Crippen LogP contribution is -2.33. The van der Waals surface area contributed by atoms with Crippen LogP contribution in [0.25, 0.3) is 0 Å². The number of nitrogens with two attached hydrogens (primary N) is 1. The molecule has 0 amide bonds. The largest absolute Gasteiger partial charge is 0.493 e. The Morgan fingerprint density at radius 1 is 1.56 bits per heavy atom. The first-order valence-electron chi connectivity index (χ1n) is 5.38. The van der Waals surface area contributed by atoms with Gasteiger partial charge in [-0.1, -0.05) is 18.2 Å². The Bertz CT molecular complexity index is 392. The van der Waals surface area contributed by atoms with Crippen molar-refractivity contribution in [2.24, 2.45) is 5.73 Å². The maximum absolute atomic E-state index is 10.7. The van der Waals surface area contributed by atoms with Crippen LogP contribution in [0.1, 0.15) is 24.3 Å². The number of rotatable bonds is 3. The maximum atomic E-state index is 10.7. The molecule has 16 heavy (non-hydrogen) atoms. The molecule has 1 aromatic carbocycles. The molecule has 1 aliphatic heterocycles. The Labute approximate surface area is 94.0 Å². The van der Waals surface area contributed by atoms with Gasteiger partial charge in [0.2, 0.25) is 0 Å². The van der Waals surface area contributed by atoms with Crippen LogP contribution in [-0.2, 0) is 4.79 Å². The summed E-state index contributed by atoms with van der Waals surface area (Å²) in [6, 6.07) is 6.95. The van der Waals surface area contributed by atoms with Crippen LogP contribution in [0.2, 0.25) is 0 Å². The normalized spacial score (nSPS) is 20.7. The maximum Gasteiger partial charge on any atom is 0.320 e. The van der Waals surface area contributed by atoms with Gasteiger partial charge in [0.05, 0.1) is 6.61 Å². The second kappa shape index (κ2) is 4.53. The van der Waals surface area contributed by atoms with Crippen LogP contribution in [0.4, 0.5) is 0 Å². The summed E-state index contributed by atoms with van der Waals surface area (Å²) in [7, 11) is 0. The standard InChI is InChI=1S/C12H15NO3/c13-10(12(14)15)7-8-5-6-16-11-4-2-1-3-9(8)11/h1-4,8,10H,5-7,13H2,(H,14,15)/t8?,10-/m0/s1. The van der Waals surface area contributed by atoms with Crippen molar-refractivity contribution < 1.29 is 14.6 Å². The molecule has 4 heteroatoms. The summed E-state index contributed by atoms with van der Waals surface area (Å²) in [5.41, 5.74) is 6.64. The lowest BCUT2D eigenvalue weighted by atomic mass is 9.88. The van der Waals surface area contributed by atoms with Gasteiger partial charge in [-0.2, -0.15) is 0 Å².